The van der Waals surface area contributed by atoms with E-state index in [9.17, 15) is 13.6 Å². The van der Waals surface area contributed by atoms with Crippen LogP contribution in [-0.4, -0.2) is 52.7 Å². The smallest absolute Gasteiger partial charge is 0.280 e. The Bertz CT molecular complexity index is 1540. The number of benzene rings is 1. The molecule has 38 heavy (non-hydrogen) atoms. The Morgan fingerprint density at radius 3 is 2.68 bits per heavy atom. The lowest BCUT2D eigenvalue weighted by Crippen LogP contribution is -2.21. The maximum atomic E-state index is 13.6. The number of carbonyl (C=O) groups is 1. The summed E-state index contributed by atoms with van der Waals surface area (Å²) in [5.74, 6) is 6.99. The molecule has 2 aliphatic rings. The topological polar surface area (TPSA) is 83.5 Å². The Balaban J connectivity index is 1.56. The van der Waals surface area contributed by atoms with Gasteiger partial charge in [0.05, 0.1) is 25.4 Å². The molecule has 1 aliphatic heterocycles. The average Bonchev–Trinajstić information content (AvgIpc) is 3.70. The zero-order chi connectivity index (χ0) is 26.8. The number of alkyl halides is 2. The summed E-state index contributed by atoms with van der Waals surface area (Å²) in [4.78, 5) is 30.1. The summed E-state index contributed by atoms with van der Waals surface area (Å²) in [6, 6.07) is 6.81. The van der Waals surface area contributed by atoms with Crippen LogP contribution in [0.15, 0.2) is 41.7 Å². The lowest BCUT2D eigenvalue weighted by Gasteiger charge is -2.16. The van der Waals surface area contributed by atoms with Crippen LogP contribution in [0.4, 0.5) is 14.6 Å². The standard InChI is InChI=1S/C28H25F2N5O2S/c1-35-10-9-20(28(35)36)17-6-7-18(21(11-17)22-12-23(25(29)30)31-15-24(22)37-2)13-32-26-27(38)34-19(14-33-26)8-5-16-3-4-16/h6-7,11-16,20,25H,3-4,9-10H2,1-2H3,(H,34,38). The third kappa shape index (κ3) is 5.48. The van der Waals surface area contributed by atoms with Crippen LogP contribution in [0.1, 0.15) is 54.1 Å². The Morgan fingerprint density at radius 2 is 2.03 bits per heavy atom. The van der Waals surface area contributed by atoms with E-state index in [1.54, 1.807) is 24.4 Å². The first-order chi connectivity index (χ1) is 18.3. The van der Waals surface area contributed by atoms with E-state index in [-0.39, 0.29) is 17.5 Å². The van der Waals surface area contributed by atoms with Crippen molar-refractivity contribution in [3.63, 3.8) is 0 Å². The minimum atomic E-state index is -2.76. The van der Waals surface area contributed by atoms with Crippen LogP contribution in [0.25, 0.3) is 11.1 Å². The Kier molecular flexibility index (Phi) is 7.29. The fourth-order valence-corrected chi connectivity index (χ4v) is 4.52. The van der Waals surface area contributed by atoms with Gasteiger partial charge in [-0.25, -0.2) is 18.8 Å². The number of nitrogens with one attached hydrogen (secondary N) is 1. The van der Waals surface area contributed by atoms with Gasteiger partial charge in [0.2, 0.25) is 5.91 Å². The van der Waals surface area contributed by atoms with E-state index in [4.69, 9.17) is 17.0 Å². The van der Waals surface area contributed by atoms with E-state index < -0.39 is 6.43 Å². The molecule has 0 bridgehead atoms. The summed E-state index contributed by atoms with van der Waals surface area (Å²) in [7, 11) is 3.22. The molecular weight excluding hydrogens is 508 g/mol. The number of H-pyrrole nitrogens is 1. The molecule has 1 unspecified atom stereocenters. The number of hydrogen-bond donors (Lipinski definition) is 1. The van der Waals surface area contributed by atoms with Crippen molar-refractivity contribution in [2.75, 3.05) is 20.7 Å². The number of likely N-dealkylation sites (N-methyl/N-ethyl adjacent to an activating group) is 1. The average molecular weight is 534 g/mol. The highest BCUT2D eigenvalue weighted by Crippen LogP contribution is 2.37. The summed E-state index contributed by atoms with van der Waals surface area (Å²) in [6.07, 6.45) is 4.60. The highest BCUT2D eigenvalue weighted by molar-refractivity contribution is 7.71. The number of aromatic nitrogens is 3. The zero-order valence-electron chi connectivity index (χ0n) is 20.9. The fourth-order valence-electron chi connectivity index (χ4n) is 4.31. The van der Waals surface area contributed by atoms with E-state index in [2.05, 4.69) is 31.8 Å². The number of likely N-dealkylation sites (tertiary alicyclic amines) is 1. The number of hydrogen-bond acceptors (Lipinski definition) is 6. The molecule has 1 amide bonds. The number of methoxy groups -OCH3 is 1. The highest BCUT2D eigenvalue weighted by Gasteiger charge is 2.31. The Hall–Kier alpha value is -3.97. The fraction of sp³-hybridized carbons (Fsp3) is 0.321. The minimum absolute atomic E-state index is 0.0210. The van der Waals surface area contributed by atoms with Crippen molar-refractivity contribution in [3.8, 4) is 28.7 Å². The maximum Gasteiger partial charge on any atom is 0.280 e. The summed E-state index contributed by atoms with van der Waals surface area (Å²) >= 11 is 5.43. The van der Waals surface area contributed by atoms with Crippen LogP contribution in [0.5, 0.6) is 5.75 Å². The Labute approximate surface area is 224 Å². The number of ether oxygens (including phenoxy) is 1. The maximum absolute atomic E-state index is 13.6. The molecule has 1 N–H and O–H groups in total. The highest BCUT2D eigenvalue weighted by atomic mass is 32.1. The van der Waals surface area contributed by atoms with Crippen LogP contribution in [-0.2, 0) is 4.79 Å². The lowest BCUT2D eigenvalue weighted by atomic mass is 9.91. The van der Waals surface area contributed by atoms with E-state index in [0.29, 0.717) is 57.5 Å². The molecule has 0 spiro atoms. The second-order valence-corrected chi connectivity index (χ2v) is 9.72. The number of halogens is 2. The van der Waals surface area contributed by atoms with Crippen molar-refractivity contribution in [3.05, 3.63) is 63.8 Å². The van der Waals surface area contributed by atoms with Gasteiger partial charge < -0.3 is 14.6 Å². The second-order valence-electron chi connectivity index (χ2n) is 9.31. The number of amides is 1. The summed E-state index contributed by atoms with van der Waals surface area (Å²) < 4.78 is 32.9. The molecule has 1 aromatic carbocycles. The second kappa shape index (κ2) is 10.8. The van der Waals surface area contributed by atoms with Gasteiger partial charge in [-0.1, -0.05) is 30.3 Å². The Morgan fingerprint density at radius 1 is 1.21 bits per heavy atom. The number of rotatable bonds is 6. The predicted octanol–water partition coefficient (Wildman–Crippen LogP) is 5.61. The largest absolute Gasteiger partial charge is 0.494 e. The number of pyridine rings is 1. The number of nitrogens with zero attached hydrogens (tertiary/aromatic N) is 4. The summed E-state index contributed by atoms with van der Waals surface area (Å²) in [5, 5.41) is 0. The molecule has 1 saturated heterocycles. The van der Waals surface area contributed by atoms with Crippen molar-refractivity contribution in [2.24, 2.45) is 10.9 Å². The first-order valence-corrected chi connectivity index (χ1v) is 12.6. The number of carbonyl (C=O) groups excluding carboxylic acids is 1. The third-order valence-electron chi connectivity index (χ3n) is 6.61. The molecule has 0 radical (unpaired) electrons. The molecule has 3 aromatic rings. The van der Waals surface area contributed by atoms with E-state index in [1.165, 1.54) is 19.4 Å². The van der Waals surface area contributed by atoms with Crippen LogP contribution in [0, 0.1) is 22.4 Å². The van der Waals surface area contributed by atoms with Crippen LogP contribution in [0.2, 0.25) is 0 Å². The summed E-state index contributed by atoms with van der Waals surface area (Å²) in [6.45, 7) is 0.654. The van der Waals surface area contributed by atoms with Gasteiger partial charge >= 0.3 is 0 Å². The number of aromatic amines is 1. The zero-order valence-corrected chi connectivity index (χ0v) is 21.7. The van der Waals surface area contributed by atoms with Gasteiger partial charge in [-0.05, 0) is 48.4 Å². The normalized spacial score (nSPS) is 17.2. The van der Waals surface area contributed by atoms with Gasteiger partial charge in [-0.2, -0.15) is 0 Å². The molecule has 194 valence electrons. The molecule has 2 fully saturated rings. The molecular formula is C28H25F2N5O2S. The first-order valence-electron chi connectivity index (χ1n) is 12.2. The van der Waals surface area contributed by atoms with Gasteiger partial charge in [0, 0.05) is 36.9 Å². The predicted molar refractivity (Wildman–Crippen MR) is 142 cm³/mol. The molecule has 1 atom stereocenters. The van der Waals surface area contributed by atoms with E-state index in [0.717, 1.165) is 18.4 Å². The van der Waals surface area contributed by atoms with Crippen LogP contribution >= 0.6 is 12.2 Å². The summed E-state index contributed by atoms with van der Waals surface area (Å²) in [5.41, 5.74) is 2.65. The van der Waals surface area contributed by atoms with Gasteiger partial charge in [0.1, 0.15) is 21.8 Å². The molecule has 1 saturated carbocycles. The SMILES string of the molecule is COc1cnc(C(F)F)cc1-c1cc(C2CCN(C)C2=O)ccc1C=Nc1ncc(C#CC2CC2)[nH]c1=S. The van der Waals surface area contributed by atoms with Crippen LogP contribution < -0.4 is 4.74 Å². The van der Waals surface area contributed by atoms with Crippen molar-refractivity contribution in [1.29, 1.82) is 0 Å². The molecule has 3 heterocycles. The monoisotopic (exact) mass is 533 g/mol. The quantitative estimate of drug-likeness (QED) is 0.253. The van der Waals surface area contributed by atoms with Crippen molar-refractivity contribution < 1.29 is 18.3 Å². The molecule has 1 aliphatic carbocycles. The van der Waals surface area contributed by atoms with Gasteiger partial charge in [0.15, 0.2) is 5.82 Å². The van der Waals surface area contributed by atoms with Crippen molar-refractivity contribution in [1.82, 2.24) is 19.9 Å². The third-order valence-corrected chi connectivity index (χ3v) is 6.90. The molecule has 5 rings (SSSR count). The van der Waals surface area contributed by atoms with Crippen molar-refractivity contribution in [2.45, 2.75) is 31.6 Å². The number of aliphatic imine (C=N–C) groups is 1. The van der Waals surface area contributed by atoms with Crippen molar-refractivity contribution >= 4 is 30.2 Å². The lowest BCUT2D eigenvalue weighted by molar-refractivity contribution is -0.127. The molecule has 7 nitrogen and oxygen atoms in total. The van der Waals surface area contributed by atoms with E-state index in [1.807, 2.05) is 18.2 Å². The molecule has 10 heteroatoms. The van der Waals surface area contributed by atoms with Gasteiger partial charge in [-0.3, -0.25) is 9.78 Å². The van der Waals surface area contributed by atoms with Crippen LogP contribution in [0.3, 0.4) is 0 Å². The minimum Gasteiger partial charge on any atom is -0.494 e. The molecule has 2 aromatic heterocycles. The van der Waals surface area contributed by atoms with Gasteiger partial charge in [0.25, 0.3) is 6.43 Å². The van der Waals surface area contributed by atoms with E-state index >= 15 is 0 Å². The van der Waals surface area contributed by atoms with Gasteiger partial charge in [-0.15, -0.1) is 0 Å². The first kappa shape index (κ1) is 25.7.